The number of nitrogens with one attached hydrogen (secondary N) is 1. The van der Waals surface area contributed by atoms with Gasteiger partial charge in [-0.2, -0.15) is 4.31 Å². The molecule has 120 valence electrons. The SMILES string of the molecule is CCNCc1ccc(F)c(S(=O)(=O)N(CC)CCOC)c1. The van der Waals surface area contributed by atoms with Gasteiger partial charge in [0.25, 0.3) is 0 Å². The van der Waals surface area contributed by atoms with Crippen LogP contribution in [0.1, 0.15) is 19.4 Å². The largest absolute Gasteiger partial charge is 0.383 e. The summed E-state index contributed by atoms with van der Waals surface area (Å²) in [5, 5.41) is 3.09. The topological polar surface area (TPSA) is 58.6 Å². The first kappa shape index (κ1) is 18.0. The Morgan fingerprint density at radius 2 is 2.05 bits per heavy atom. The van der Waals surface area contributed by atoms with Crippen LogP contribution < -0.4 is 5.32 Å². The van der Waals surface area contributed by atoms with Crippen LogP contribution in [0.15, 0.2) is 23.1 Å². The Labute approximate surface area is 126 Å². The standard InChI is InChI=1S/C14H23FN2O3S/c1-4-16-11-12-6-7-13(15)14(10-12)21(18,19)17(5-2)8-9-20-3/h6-7,10,16H,4-5,8-9,11H2,1-3H3. The third-order valence-corrected chi connectivity index (χ3v) is 5.08. The molecule has 21 heavy (non-hydrogen) atoms. The maximum atomic E-state index is 13.9. The van der Waals surface area contributed by atoms with Crippen LogP contribution in [0.4, 0.5) is 4.39 Å². The Bertz CT molecular complexity index is 549. The molecule has 1 N–H and O–H groups in total. The molecule has 0 atom stereocenters. The first-order chi connectivity index (χ1) is 9.97. The summed E-state index contributed by atoms with van der Waals surface area (Å²) in [4.78, 5) is -0.282. The highest BCUT2D eigenvalue weighted by molar-refractivity contribution is 7.89. The molecule has 0 unspecified atom stereocenters. The molecule has 0 saturated carbocycles. The van der Waals surface area contributed by atoms with E-state index in [-0.39, 0.29) is 24.6 Å². The van der Waals surface area contributed by atoms with E-state index in [0.29, 0.717) is 6.54 Å². The number of hydrogen-bond acceptors (Lipinski definition) is 4. The molecule has 0 aliphatic rings. The number of ether oxygens (including phenoxy) is 1. The van der Waals surface area contributed by atoms with E-state index in [2.05, 4.69) is 5.32 Å². The minimum atomic E-state index is -3.85. The van der Waals surface area contributed by atoms with Crippen LogP contribution in [-0.2, 0) is 21.3 Å². The molecule has 0 amide bonds. The summed E-state index contributed by atoms with van der Waals surface area (Å²) >= 11 is 0. The minimum Gasteiger partial charge on any atom is -0.383 e. The molecule has 0 heterocycles. The molecule has 0 spiro atoms. The summed E-state index contributed by atoms with van der Waals surface area (Å²) in [5.74, 6) is -0.730. The van der Waals surface area contributed by atoms with Crippen LogP contribution >= 0.6 is 0 Å². The molecule has 7 heteroatoms. The lowest BCUT2D eigenvalue weighted by molar-refractivity contribution is 0.180. The van der Waals surface area contributed by atoms with Crippen LogP contribution in [0.2, 0.25) is 0 Å². The molecule has 1 rings (SSSR count). The summed E-state index contributed by atoms with van der Waals surface area (Å²) in [6, 6.07) is 4.18. The van der Waals surface area contributed by atoms with Gasteiger partial charge in [-0.3, -0.25) is 0 Å². The van der Waals surface area contributed by atoms with Gasteiger partial charge in [-0.25, -0.2) is 12.8 Å². The molecule has 0 bridgehead atoms. The van der Waals surface area contributed by atoms with Crippen molar-refractivity contribution in [1.82, 2.24) is 9.62 Å². The average molecular weight is 318 g/mol. The number of nitrogens with zero attached hydrogens (tertiary/aromatic N) is 1. The first-order valence-electron chi connectivity index (χ1n) is 6.95. The van der Waals surface area contributed by atoms with E-state index in [4.69, 9.17) is 4.74 Å². The average Bonchev–Trinajstić information content (AvgIpc) is 2.46. The van der Waals surface area contributed by atoms with E-state index in [1.165, 1.54) is 23.5 Å². The molecule has 0 aliphatic heterocycles. The van der Waals surface area contributed by atoms with Gasteiger partial charge in [-0.05, 0) is 24.2 Å². The fourth-order valence-electron chi connectivity index (χ4n) is 1.91. The van der Waals surface area contributed by atoms with Crippen molar-refractivity contribution in [2.24, 2.45) is 0 Å². The lowest BCUT2D eigenvalue weighted by Crippen LogP contribution is -2.34. The molecule has 1 aromatic rings. The smallest absolute Gasteiger partial charge is 0.246 e. The van der Waals surface area contributed by atoms with Gasteiger partial charge in [-0.1, -0.05) is 19.9 Å². The molecule has 1 aromatic carbocycles. The molecule has 0 fully saturated rings. The Hall–Kier alpha value is -1.02. The van der Waals surface area contributed by atoms with E-state index in [9.17, 15) is 12.8 Å². The number of methoxy groups -OCH3 is 1. The van der Waals surface area contributed by atoms with Gasteiger partial charge >= 0.3 is 0 Å². The van der Waals surface area contributed by atoms with E-state index in [1.807, 2.05) is 6.92 Å². The monoisotopic (exact) mass is 318 g/mol. The Kier molecular flexibility index (Phi) is 7.24. The van der Waals surface area contributed by atoms with Crippen LogP contribution in [-0.4, -0.2) is 46.1 Å². The van der Waals surface area contributed by atoms with Crippen molar-refractivity contribution in [3.05, 3.63) is 29.6 Å². The van der Waals surface area contributed by atoms with E-state index >= 15 is 0 Å². The van der Waals surface area contributed by atoms with E-state index in [1.54, 1.807) is 13.0 Å². The summed E-state index contributed by atoms with van der Waals surface area (Å²) in [6.07, 6.45) is 0. The van der Waals surface area contributed by atoms with Crippen LogP contribution in [0.5, 0.6) is 0 Å². The highest BCUT2D eigenvalue weighted by Gasteiger charge is 2.26. The number of sulfonamides is 1. The predicted octanol–water partition coefficient (Wildman–Crippen LogP) is 1.59. The molecule has 0 aromatic heterocycles. The lowest BCUT2D eigenvalue weighted by Gasteiger charge is -2.20. The van der Waals surface area contributed by atoms with E-state index < -0.39 is 15.8 Å². The first-order valence-corrected chi connectivity index (χ1v) is 8.39. The quantitative estimate of drug-likeness (QED) is 0.751. The zero-order chi connectivity index (χ0) is 15.9. The molecule has 0 radical (unpaired) electrons. The Balaban J connectivity index is 3.10. The van der Waals surface area contributed by atoms with Crippen molar-refractivity contribution >= 4 is 10.0 Å². The van der Waals surface area contributed by atoms with Crippen LogP contribution in [0.3, 0.4) is 0 Å². The van der Waals surface area contributed by atoms with E-state index in [0.717, 1.165) is 12.1 Å². The summed E-state index contributed by atoms with van der Waals surface area (Å²) < 4.78 is 45.1. The van der Waals surface area contributed by atoms with Gasteiger partial charge in [0.15, 0.2) is 0 Å². The molecule has 5 nitrogen and oxygen atoms in total. The summed E-state index contributed by atoms with van der Waals surface area (Å²) in [7, 11) is -2.35. The van der Waals surface area contributed by atoms with Gasteiger partial charge in [0.05, 0.1) is 6.61 Å². The molecular weight excluding hydrogens is 295 g/mol. The van der Waals surface area contributed by atoms with Gasteiger partial charge in [0.1, 0.15) is 10.7 Å². The van der Waals surface area contributed by atoms with Crippen LogP contribution in [0.25, 0.3) is 0 Å². The zero-order valence-electron chi connectivity index (χ0n) is 12.7. The van der Waals surface area contributed by atoms with Crippen molar-refractivity contribution in [1.29, 1.82) is 0 Å². The zero-order valence-corrected chi connectivity index (χ0v) is 13.5. The fourth-order valence-corrected chi connectivity index (χ4v) is 3.45. The highest BCUT2D eigenvalue weighted by atomic mass is 32.2. The normalized spacial score (nSPS) is 12.0. The number of hydrogen-bond donors (Lipinski definition) is 1. The van der Waals surface area contributed by atoms with Crippen molar-refractivity contribution in [3.8, 4) is 0 Å². The fraction of sp³-hybridized carbons (Fsp3) is 0.571. The van der Waals surface area contributed by atoms with Crippen molar-refractivity contribution in [2.45, 2.75) is 25.3 Å². The third kappa shape index (κ3) is 4.74. The third-order valence-electron chi connectivity index (χ3n) is 3.09. The number of rotatable bonds is 9. The van der Waals surface area contributed by atoms with Gasteiger partial charge < -0.3 is 10.1 Å². The number of halogens is 1. The van der Waals surface area contributed by atoms with Crippen LogP contribution in [0, 0.1) is 5.82 Å². The number of likely N-dealkylation sites (N-methyl/N-ethyl adjacent to an activating group) is 1. The van der Waals surface area contributed by atoms with Crippen molar-refractivity contribution < 1.29 is 17.5 Å². The minimum absolute atomic E-state index is 0.201. The van der Waals surface area contributed by atoms with Crippen molar-refractivity contribution in [2.75, 3.05) is 33.4 Å². The number of benzene rings is 1. The lowest BCUT2D eigenvalue weighted by atomic mass is 10.2. The molecule has 0 saturated heterocycles. The summed E-state index contributed by atoms with van der Waals surface area (Å²) in [5.41, 5.74) is 0.736. The van der Waals surface area contributed by atoms with Gasteiger partial charge in [0.2, 0.25) is 10.0 Å². The summed E-state index contributed by atoms with van der Waals surface area (Å²) in [6.45, 7) is 5.66. The second kappa shape index (κ2) is 8.43. The van der Waals surface area contributed by atoms with Gasteiger partial charge in [0, 0.05) is 26.7 Å². The maximum Gasteiger partial charge on any atom is 0.246 e. The predicted molar refractivity (Wildman–Crippen MR) is 80.1 cm³/mol. The Morgan fingerprint density at radius 1 is 1.33 bits per heavy atom. The second-order valence-electron chi connectivity index (χ2n) is 4.53. The van der Waals surface area contributed by atoms with Crippen molar-refractivity contribution in [3.63, 3.8) is 0 Å². The second-order valence-corrected chi connectivity index (χ2v) is 6.44. The molecule has 0 aliphatic carbocycles. The highest BCUT2D eigenvalue weighted by Crippen LogP contribution is 2.20. The maximum absolute atomic E-state index is 13.9. The van der Waals surface area contributed by atoms with Gasteiger partial charge in [-0.15, -0.1) is 0 Å². The molecular formula is C14H23FN2O3S. The Morgan fingerprint density at radius 3 is 2.62 bits per heavy atom.